The van der Waals surface area contributed by atoms with Gasteiger partial charge in [-0.25, -0.2) is 14.5 Å². The molecule has 1 atom stereocenters. The van der Waals surface area contributed by atoms with Crippen LogP contribution in [0.2, 0.25) is 0 Å². The first-order chi connectivity index (χ1) is 15.0. The SMILES string of the molecule is Cc1cnn(C2CCCc3ccccc32)c1NC(=O)c1cnc2[nH]c(=O)[nH]c(=O)c2c1. The number of amides is 1. The predicted molar refractivity (Wildman–Crippen MR) is 115 cm³/mol. The molecule has 31 heavy (non-hydrogen) atoms. The summed E-state index contributed by atoms with van der Waals surface area (Å²) in [5, 5.41) is 7.62. The lowest BCUT2D eigenvalue weighted by atomic mass is 9.88. The van der Waals surface area contributed by atoms with Gasteiger partial charge in [-0.1, -0.05) is 24.3 Å². The number of aromatic amines is 2. The zero-order valence-electron chi connectivity index (χ0n) is 16.8. The number of pyridine rings is 1. The van der Waals surface area contributed by atoms with Gasteiger partial charge in [0.1, 0.15) is 11.5 Å². The largest absolute Gasteiger partial charge is 0.327 e. The van der Waals surface area contributed by atoms with E-state index in [1.165, 1.54) is 23.4 Å². The lowest BCUT2D eigenvalue weighted by Crippen LogP contribution is -2.24. The molecule has 3 aromatic heterocycles. The highest BCUT2D eigenvalue weighted by Gasteiger charge is 2.25. The predicted octanol–water partition coefficient (Wildman–Crippen LogP) is 2.29. The fraction of sp³-hybridized carbons (Fsp3) is 0.227. The van der Waals surface area contributed by atoms with Crippen LogP contribution in [0.5, 0.6) is 0 Å². The molecule has 1 unspecified atom stereocenters. The second kappa shape index (κ2) is 7.35. The molecule has 3 N–H and O–H groups in total. The average molecular weight is 416 g/mol. The second-order valence-electron chi connectivity index (χ2n) is 7.71. The third kappa shape index (κ3) is 3.33. The molecule has 9 nitrogen and oxygen atoms in total. The van der Waals surface area contributed by atoms with Crippen LogP contribution in [0.25, 0.3) is 11.0 Å². The van der Waals surface area contributed by atoms with Gasteiger partial charge in [0.05, 0.1) is 23.2 Å². The van der Waals surface area contributed by atoms with E-state index in [9.17, 15) is 14.4 Å². The molecule has 1 aliphatic carbocycles. The quantitative estimate of drug-likeness (QED) is 0.472. The van der Waals surface area contributed by atoms with Gasteiger partial charge in [-0.05, 0) is 43.4 Å². The number of H-pyrrole nitrogens is 2. The van der Waals surface area contributed by atoms with Crippen LogP contribution in [0, 0.1) is 6.92 Å². The third-order valence-electron chi connectivity index (χ3n) is 5.70. The molecule has 1 amide bonds. The maximum absolute atomic E-state index is 13.0. The van der Waals surface area contributed by atoms with Crippen molar-refractivity contribution >= 4 is 22.8 Å². The minimum absolute atomic E-state index is 0.0385. The third-order valence-corrected chi connectivity index (χ3v) is 5.70. The Labute approximate surface area is 176 Å². The smallest absolute Gasteiger partial charge is 0.306 e. The van der Waals surface area contributed by atoms with Crippen molar-refractivity contribution in [1.82, 2.24) is 24.7 Å². The molecule has 0 fully saturated rings. The number of nitrogens with zero attached hydrogens (tertiary/aromatic N) is 3. The van der Waals surface area contributed by atoms with Gasteiger partial charge in [0.15, 0.2) is 0 Å². The minimum atomic E-state index is -0.644. The zero-order chi connectivity index (χ0) is 21.5. The number of hydrogen-bond acceptors (Lipinski definition) is 5. The van der Waals surface area contributed by atoms with E-state index in [-0.39, 0.29) is 22.6 Å². The van der Waals surface area contributed by atoms with Gasteiger partial charge < -0.3 is 5.32 Å². The van der Waals surface area contributed by atoms with E-state index in [0.29, 0.717) is 5.82 Å². The lowest BCUT2D eigenvalue weighted by Gasteiger charge is -2.27. The number of carbonyl (C=O) groups excluding carboxylic acids is 1. The van der Waals surface area contributed by atoms with Crippen LogP contribution in [0.3, 0.4) is 0 Å². The number of aryl methyl sites for hydroxylation is 2. The summed E-state index contributed by atoms with van der Waals surface area (Å²) in [5.41, 5.74) is 2.46. The van der Waals surface area contributed by atoms with Crippen molar-refractivity contribution < 1.29 is 4.79 Å². The van der Waals surface area contributed by atoms with E-state index in [1.807, 2.05) is 23.7 Å². The lowest BCUT2D eigenvalue weighted by molar-refractivity contribution is 0.102. The van der Waals surface area contributed by atoms with Crippen LogP contribution in [-0.4, -0.2) is 30.6 Å². The van der Waals surface area contributed by atoms with E-state index in [2.05, 4.69) is 37.5 Å². The zero-order valence-corrected chi connectivity index (χ0v) is 16.8. The Bertz CT molecular complexity index is 1430. The summed E-state index contributed by atoms with van der Waals surface area (Å²) in [6.45, 7) is 1.89. The number of anilines is 1. The van der Waals surface area contributed by atoms with Gasteiger partial charge in [-0.3, -0.25) is 19.6 Å². The molecule has 9 heteroatoms. The molecule has 0 bridgehead atoms. The van der Waals surface area contributed by atoms with Gasteiger partial charge >= 0.3 is 5.69 Å². The van der Waals surface area contributed by atoms with Crippen LogP contribution in [0.4, 0.5) is 5.82 Å². The minimum Gasteiger partial charge on any atom is -0.306 e. The van der Waals surface area contributed by atoms with Gasteiger partial charge in [0, 0.05) is 11.8 Å². The monoisotopic (exact) mass is 416 g/mol. The van der Waals surface area contributed by atoms with E-state index in [1.54, 1.807) is 6.20 Å². The summed E-state index contributed by atoms with van der Waals surface area (Å²) in [4.78, 5) is 45.1. The van der Waals surface area contributed by atoms with E-state index < -0.39 is 17.2 Å². The molecule has 5 rings (SSSR count). The number of aromatic nitrogens is 5. The van der Waals surface area contributed by atoms with E-state index in [4.69, 9.17) is 0 Å². The molecule has 156 valence electrons. The molecular formula is C22H20N6O3. The fourth-order valence-electron chi connectivity index (χ4n) is 4.17. The first-order valence-electron chi connectivity index (χ1n) is 10.1. The summed E-state index contributed by atoms with van der Waals surface area (Å²) >= 11 is 0. The highest BCUT2D eigenvalue weighted by atomic mass is 16.2. The molecule has 0 saturated carbocycles. The number of hydrogen-bond donors (Lipinski definition) is 3. The van der Waals surface area contributed by atoms with Crippen LogP contribution in [0.1, 0.15) is 45.9 Å². The van der Waals surface area contributed by atoms with Crippen molar-refractivity contribution in [2.24, 2.45) is 0 Å². The number of fused-ring (bicyclic) bond motifs is 2. The summed E-state index contributed by atoms with van der Waals surface area (Å²) in [5.74, 6) is 0.205. The maximum atomic E-state index is 13.0. The Morgan fingerprint density at radius 1 is 1.19 bits per heavy atom. The molecule has 1 aromatic carbocycles. The molecule has 0 radical (unpaired) electrons. The van der Waals surface area contributed by atoms with Crippen LogP contribution in [0.15, 0.2) is 52.3 Å². The summed E-state index contributed by atoms with van der Waals surface area (Å²) in [6.07, 6.45) is 6.08. The Balaban J connectivity index is 1.50. The van der Waals surface area contributed by atoms with Gasteiger partial charge in [0.25, 0.3) is 11.5 Å². The van der Waals surface area contributed by atoms with Crippen LogP contribution >= 0.6 is 0 Å². The Hall–Kier alpha value is -4.01. The standard InChI is InChI=1S/C22H20N6O3/c1-12-10-24-28(17-8-4-6-13-5-2-3-7-15(13)17)19(12)26-20(29)14-9-16-18(23-11-14)25-22(31)27-21(16)30/h2-3,5,7,9-11,17H,4,6,8H2,1H3,(H,26,29)(H2,23,25,27,30,31). The summed E-state index contributed by atoms with van der Waals surface area (Å²) < 4.78 is 1.87. The summed E-state index contributed by atoms with van der Waals surface area (Å²) in [6, 6.07) is 9.77. The van der Waals surface area contributed by atoms with Crippen molar-refractivity contribution in [3.8, 4) is 0 Å². The number of benzene rings is 1. The number of nitrogens with one attached hydrogen (secondary N) is 3. The fourth-order valence-corrected chi connectivity index (χ4v) is 4.17. The summed E-state index contributed by atoms with van der Waals surface area (Å²) in [7, 11) is 0. The molecular weight excluding hydrogens is 396 g/mol. The van der Waals surface area contributed by atoms with Crippen molar-refractivity contribution in [2.45, 2.75) is 32.2 Å². The molecule has 1 aliphatic rings. The number of rotatable bonds is 3. The first-order valence-corrected chi connectivity index (χ1v) is 10.1. The Morgan fingerprint density at radius 2 is 2.03 bits per heavy atom. The number of carbonyl (C=O) groups is 1. The normalized spacial score (nSPS) is 15.6. The molecule has 4 aromatic rings. The second-order valence-corrected chi connectivity index (χ2v) is 7.71. The maximum Gasteiger partial charge on any atom is 0.327 e. The highest BCUT2D eigenvalue weighted by Crippen LogP contribution is 2.35. The Kier molecular flexibility index (Phi) is 4.50. The Morgan fingerprint density at radius 3 is 2.90 bits per heavy atom. The van der Waals surface area contributed by atoms with Gasteiger partial charge in [0.2, 0.25) is 0 Å². The van der Waals surface area contributed by atoms with E-state index in [0.717, 1.165) is 24.8 Å². The van der Waals surface area contributed by atoms with Crippen molar-refractivity contribution in [2.75, 3.05) is 5.32 Å². The molecule has 3 heterocycles. The molecule has 0 spiro atoms. The van der Waals surface area contributed by atoms with Crippen LogP contribution in [-0.2, 0) is 6.42 Å². The molecule has 0 aliphatic heterocycles. The topological polar surface area (TPSA) is 126 Å². The van der Waals surface area contributed by atoms with Crippen molar-refractivity contribution in [1.29, 1.82) is 0 Å². The van der Waals surface area contributed by atoms with Gasteiger partial charge in [-0.15, -0.1) is 0 Å². The van der Waals surface area contributed by atoms with Crippen molar-refractivity contribution in [3.05, 3.63) is 85.8 Å². The van der Waals surface area contributed by atoms with E-state index >= 15 is 0 Å². The van der Waals surface area contributed by atoms with Crippen LogP contribution < -0.4 is 16.6 Å². The highest BCUT2D eigenvalue weighted by molar-refractivity contribution is 6.05. The molecule has 0 saturated heterocycles. The van der Waals surface area contributed by atoms with Gasteiger partial charge in [-0.2, -0.15) is 5.10 Å². The first kappa shape index (κ1) is 19.0. The average Bonchev–Trinajstić information content (AvgIpc) is 3.13. The van der Waals surface area contributed by atoms with Crippen molar-refractivity contribution in [3.63, 3.8) is 0 Å².